The fraction of sp³-hybridized carbons (Fsp3) is 0.235. The van der Waals surface area contributed by atoms with E-state index in [9.17, 15) is 13.8 Å². The number of benzene rings is 4. The van der Waals surface area contributed by atoms with Gasteiger partial charge in [0.25, 0.3) is 0 Å². The van der Waals surface area contributed by atoms with Crippen LogP contribution in [-0.4, -0.2) is 40.7 Å². The summed E-state index contributed by atoms with van der Waals surface area (Å²) in [6, 6.07) is 22.9. The number of aryl methyl sites for hydroxylation is 4. The third-order valence-corrected chi connectivity index (χ3v) is 9.96. The molecule has 5 nitrogen and oxygen atoms in total. The Morgan fingerprint density at radius 2 is 1.02 bits per heavy atom. The second-order valence-electron chi connectivity index (χ2n) is 9.70. The predicted molar refractivity (Wildman–Crippen MR) is 183 cm³/mol. The molecule has 43 heavy (non-hydrogen) atoms. The van der Waals surface area contributed by atoms with Crippen LogP contribution in [0.1, 0.15) is 43.0 Å². The van der Waals surface area contributed by atoms with Crippen LogP contribution in [-0.2, 0) is 10.8 Å². The first-order chi connectivity index (χ1) is 20.5. The molecule has 0 bridgehead atoms. The zero-order valence-corrected chi connectivity index (χ0v) is 29.8. The Morgan fingerprint density at radius 3 is 1.42 bits per heavy atom. The van der Waals surface area contributed by atoms with Crippen molar-refractivity contribution in [1.82, 2.24) is 0 Å². The van der Waals surface area contributed by atoms with E-state index in [1.165, 1.54) is 0 Å². The van der Waals surface area contributed by atoms with Crippen molar-refractivity contribution in [3.05, 3.63) is 106 Å². The Kier molecular flexibility index (Phi) is 13.2. The summed E-state index contributed by atoms with van der Waals surface area (Å²) in [4.78, 5) is 27.6. The minimum Gasteiger partial charge on any atom is -0.497 e. The topological polar surface area (TPSA) is 69.7 Å². The molecule has 0 saturated carbocycles. The summed E-state index contributed by atoms with van der Waals surface area (Å²) in [5, 5.41) is 0.648. The maximum atomic E-state index is 12.7. The van der Waals surface area contributed by atoms with Crippen molar-refractivity contribution in [2.24, 2.45) is 0 Å². The zero-order chi connectivity index (χ0) is 31.7. The highest BCUT2D eigenvalue weighted by molar-refractivity contribution is 9.09. The van der Waals surface area contributed by atoms with E-state index in [1.54, 1.807) is 50.2 Å². The Hall–Kier alpha value is -2.72. The molecule has 0 radical (unpaired) electrons. The second-order valence-corrected chi connectivity index (χ2v) is 13.4. The number of ketones is 2. The molecule has 0 fully saturated rings. The first-order valence-electron chi connectivity index (χ1n) is 13.3. The van der Waals surface area contributed by atoms with Gasteiger partial charge in [-0.25, -0.2) is 4.21 Å². The monoisotopic (exact) mass is 744 g/mol. The van der Waals surface area contributed by atoms with Gasteiger partial charge in [0.15, 0.2) is 11.6 Å². The fourth-order valence-electron chi connectivity index (χ4n) is 4.64. The summed E-state index contributed by atoms with van der Waals surface area (Å²) < 4.78 is 22.9. The Balaban J connectivity index is 0.000000236. The van der Waals surface area contributed by atoms with E-state index in [1.807, 2.05) is 64.1 Å². The molecular weight excluding hydrogens is 712 g/mol. The first-order valence-corrected chi connectivity index (χ1v) is 17.5. The molecule has 0 aliphatic rings. The summed E-state index contributed by atoms with van der Waals surface area (Å²) in [5.41, 5.74) is 5.27. The molecule has 0 heterocycles. The van der Waals surface area contributed by atoms with Gasteiger partial charge < -0.3 is 9.47 Å². The Morgan fingerprint density at radius 1 is 0.628 bits per heavy atom. The van der Waals surface area contributed by atoms with Crippen LogP contribution in [0.25, 0.3) is 0 Å². The summed E-state index contributed by atoms with van der Waals surface area (Å²) >= 11 is 8.12. The van der Waals surface area contributed by atoms with E-state index < -0.39 is 10.8 Å². The average Bonchev–Trinajstić information content (AvgIpc) is 3.00. The number of alkyl halides is 2. The third-order valence-electron chi connectivity index (χ3n) is 6.60. The molecule has 0 saturated heterocycles. The van der Waals surface area contributed by atoms with Crippen molar-refractivity contribution in [2.45, 2.75) is 47.3 Å². The zero-order valence-electron chi connectivity index (χ0n) is 25.0. The molecule has 0 spiro atoms. The lowest BCUT2D eigenvalue weighted by Crippen LogP contribution is -2.07. The number of hydrogen-bond acceptors (Lipinski definition) is 6. The van der Waals surface area contributed by atoms with Gasteiger partial charge in [0.1, 0.15) is 11.5 Å². The quantitative estimate of drug-likeness (QED) is 0.119. The summed E-state index contributed by atoms with van der Waals surface area (Å²) in [6.45, 7) is 7.72. The Bertz CT molecular complexity index is 1570. The molecule has 9 heteroatoms. The molecule has 226 valence electrons. The van der Waals surface area contributed by atoms with Crippen LogP contribution in [0.2, 0.25) is 0 Å². The highest BCUT2D eigenvalue weighted by Gasteiger charge is 2.16. The van der Waals surface area contributed by atoms with Crippen LogP contribution in [0, 0.1) is 27.7 Å². The lowest BCUT2D eigenvalue weighted by Gasteiger charge is -2.11. The number of methoxy groups -OCH3 is 2. The molecule has 4 aromatic rings. The number of halogens is 2. The van der Waals surface area contributed by atoms with E-state index in [0.717, 1.165) is 49.1 Å². The SMILES string of the molecule is COc1ccc(S(=O)c2cc(C)c(C(=O)CBr)c(C)c2)cc1.COc1ccc(Sc2cc(C)c(C(=O)CBr)c(C)c2)cc1. The van der Waals surface area contributed by atoms with E-state index >= 15 is 0 Å². The van der Waals surface area contributed by atoms with Crippen molar-refractivity contribution in [1.29, 1.82) is 0 Å². The van der Waals surface area contributed by atoms with Crippen LogP contribution >= 0.6 is 43.6 Å². The van der Waals surface area contributed by atoms with Crippen molar-refractivity contribution in [3.63, 3.8) is 0 Å². The maximum Gasteiger partial charge on any atom is 0.173 e. The average molecular weight is 747 g/mol. The molecule has 1 unspecified atom stereocenters. The first kappa shape index (κ1) is 34.8. The number of rotatable bonds is 10. The normalized spacial score (nSPS) is 11.3. The van der Waals surface area contributed by atoms with Crippen molar-refractivity contribution >= 4 is 66.0 Å². The van der Waals surface area contributed by atoms with E-state index in [0.29, 0.717) is 20.7 Å². The van der Waals surface area contributed by atoms with Gasteiger partial charge in [-0.1, -0.05) is 43.6 Å². The van der Waals surface area contributed by atoms with Gasteiger partial charge in [-0.05, 0) is 123 Å². The number of hydrogen-bond donors (Lipinski definition) is 0. The fourth-order valence-corrected chi connectivity index (χ4v) is 7.44. The Labute approximate surface area is 277 Å². The van der Waals surface area contributed by atoms with Gasteiger partial charge in [0.05, 0.1) is 35.7 Å². The van der Waals surface area contributed by atoms with Gasteiger partial charge in [0, 0.05) is 30.7 Å². The summed E-state index contributed by atoms with van der Waals surface area (Å²) in [6.07, 6.45) is 0. The number of ether oxygens (including phenoxy) is 2. The number of carbonyl (C=O) groups is 2. The molecule has 0 aliphatic heterocycles. The van der Waals surface area contributed by atoms with E-state index in [4.69, 9.17) is 9.47 Å². The van der Waals surface area contributed by atoms with Crippen LogP contribution in [0.4, 0.5) is 0 Å². The lowest BCUT2D eigenvalue weighted by molar-refractivity contribution is 0.101. The number of Topliss-reactive ketones (excluding diaryl/α,β-unsaturated/α-hetero) is 2. The van der Waals surface area contributed by atoms with E-state index in [-0.39, 0.29) is 16.9 Å². The standard InChI is InChI=1S/C17H17BrO3S.C17H17BrO2S/c1-11-8-15(9-12(2)17(11)16(19)10-18)22(20)14-6-4-13(21-3)5-7-14;1-11-8-15(9-12(2)17(11)16(19)10-18)21-14-6-4-13(20-3)5-7-14/h4-9H,10H2,1-3H3;4-9H,10H2,1-3H3. The molecule has 1 atom stereocenters. The van der Waals surface area contributed by atoms with E-state index in [2.05, 4.69) is 44.0 Å². The third kappa shape index (κ3) is 9.14. The molecule has 0 aromatic heterocycles. The molecule has 4 aromatic carbocycles. The highest BCUT2D eigenvalue weighted by atomic mass is 79.9. The van der Waals surface area contributed by atoms with Gasteiger partial charge in [-0.3, -0.25) is 9.59 Å². The van der Waals surface area contributed by atoms with Crippen molar-refractivity contribution < 1.29 is 23.3 Å². The van der Waals surface area contributed by atoms with Gasteiger partial charge >= 0.3 is 0 Å². The summed E-state index contributed by atoms with van der Waals surface area (Å²) in [5.74, 6) is 1.75. The minimum atomic E-state index is -1.28. The predicted octanol–water partition coefficient (Wildman–Crippen LogP) is 9.10. The highest BCUT2D eigenvalue weighted by Crippen LogP contribution is 2.32. The van der Waals surface area contributed by atoms with Crippen molar-refractivity contribution in [2.75, 3.05) is 24.9 Å². The largest absolute Gasteiger partial charge is 0.497 e. The lowest BCUT2D eigenvalue weighted by atomic mass is 10.00. The van der Waals surface area contributed by atoms with Gasteiger partial charge in [-0.15, -0.1) is 0 Å². The molecule has 0 amide bonds. The molecule has 4 rings (SSSR count). The van der Waals surface area contributed by atoms with Gasteiger partial charge in [-0.2, -0.15) is 0 Å². The smallest absolute Gasteiger partial charge is 0.173 e. The van der Waals surface area contributed by atoms with Gasteiger partial charge in [0.2, 0.25) is 0 Å². The minimum absolute atomic E-state index is 0.0387. The molecular formula is C34H34Br2O5S2. The van der Waals surface area contributed by atoms with Crippen LogP contribution in [0.5, 0.6) is 11.5 Å². The number of carbonyl (C=O) groups excluding carboxylic acids is 2. The van der Waals surface area contributed by atoms with Crippen LogP contribution in [0.15, 0.2) is 92.4 Å². The molecule has 0 aliphatic carbocycles. The van der Waals surface area contributed by atoms with Crippen LogP contribution < -0.4 is 9.47 Å². The van der Waals surface area contributed by atoms with Crippen molar-refractivity contribution in [3.8, 4) is 11.5 Å². The summed E-state index contributed by atoms with van der Waals surface area (Å²) in [7, 11) is 1.98. The maximum absolute atomic E-state index is 12.7. The molecule has 0 N–H and O–H groups in total. The second kappa shape index (κ2) is 16.4. The van der Waals surface area contributed by atoms with Crippen LogP contribution in [0.3, 0.4) is 0 Å².